The highest BCUT2D eigenvalue weighted by Crippen LogP contribution is 2.20. The van der Waals surface area contributed by atoms with E-state index in [1.165, 1.54) is 360 Å². The van der Waals surface area contributed by atoms with Gasteiger partial charge in [0.2, 0.25) is 5.91 Å². The molecule has 0 aromatic heterocycles. The first kappa shape index (κ1) is 77.9. The average molecular weight is 1120 g/mol. The van der Waals surface area contributed by atoms with Crippen LogP contribution in [-0.2, 0) is 14.3 Å². The van der Waals surface area contributed by atoms with Crippen molar-refractivity contribution in [1.29, 1.82) is 0 Å². The van der Waals surface area contributed by atoms with Crippen molar-refractivity contribution in [3.8, 4) is 0 Å². The molecule has 3 N–H and O–H groups in total. The fourth-order valence-electron chi connectivity index (χ4n) is 12.1. The lowest BCUT2D eigenvalue weighted by molar-refractivity contribution is -0.143. The van der Waals surface area contributed by atoms with Crippen LogP contribution in [-0.4, -0.2) is 47.4 Å². The minimum atomic E-state index is -0.657. The molecular formula is C73H145NO5. The molecule has 1 amide bonds. The number of aliphatic hydroxyl groups excluding tert-OH is 2. The van der Waals surface area contributed by atoms with Crippen LogP contribution in [0.5, 0.6) is 0 Å². The van der Waals surface area contributed by atoms with E-state index in [0.29, 0.717) is 25.9 Å². The van der Waals surface area contributed by atoms with Gasteiger partial charge in [-0.15, -0.1) is 0 Å². The predicted molar refractivity (Wildman–Crippen MR) is 347 cm³/mol. The molecule has 0 heterocycles. The summed E-state index contributed by atoms with van der Waals surface area (Å²) in [6, 6.07) is -0.534. The monoisotopic (exact) mass is 1120 g/mol. The predicted octanol–water partition coefficient (Wildman–Crippen LogP) is 23.8. The van der Waals surface area contributed by atoms with Gasteiger partial charge in [0.05, 0.1) is 25.4 Å². The van der Waals surface area contributed by atoms with Crippen LogP contribution in [0.15, 0.2) is 0 Å². The zero-order valence-corrected chi connectivity index (χ0v) is 54.2. The molecule has 2 atom stereocenters. The maximum Gasteiger partial charge on any atom is 0.305 e. The van der Waals surface area contributed by atoms with Gasteiger partial charge in [0.15, 0.2) is 0 Å². The van der Waals surface area contributed by atoms with Crippen LogP contribution in [0.2, 0.25) is 0 Å². The van der Waals surface area contributed by atoms with Crippen LogP contribution in [0.3, 0.4) is 0 Å². The van der Waals surface area contributed by atoms with Gasteiger partial charge in [0.1, 0.15) is 0 Å². The first-order chi connectivity index (χ1) is 39.0. The molecule has 0 fully saturated rings. The number of nitrogens with one attached hydrogen (secondary N) is 1. The van der Waals surface area contributed by atoms with E-state index < -0.39 is 12.1 Å². The molecule has 0 saturated carbocycles. The zero-order valence-electron chi connectivity index (χ0n) is 54.2. The van der Waals surface area contributed by atoms with Crippen molar-refractivity contribution < 1.29 is 24.5 Å². The van der Waals surface area contributed by atoms with Crippen molar-refractivity contribution in [3.63, 3.8) is 0 Å². The molecule has 2 unspecified atom stereocenters. The van der Waals surface area contributed by atoms with Gasteiger partial charge >= 0.3 is 5.97 Å². The van der Waals surface area contributed by atoms with Gasteiger partial charge in [-0.3, -0.25) is 9.59 Å². The number of unbranched alkanes of at least 4 members (excludes halogenated alkanes) is 59. The number of esters is 1. The lowest BCUT2D eigenvalue weighted by Gasteiger charge is -2.22. The molecule has 0 aliphatic rings. The Hall–Kier alpha value is -1.14. The van der Waals surface area contributed by atoms with Gasteiger partial charge in [0.25, 0.3) is 0 Å². The van der Waals surface area contributed by atoms with Crippen LogP contribution < -0.4 is 5.32 Å². The molecule has 0 aromatic carbocycles. The minimum Gasteiger partial charge on any atom is -0.466 e. The highest BCUT2D eigenvalue weighted by molar-refractivity contribution is 5.76. The summed E-state index contributed by atoms with van der Waals surface area (Å²) >= 11 is 0. The lowest BCUT2D eigenvalue weighted by atomic mass is 10.0. The summed E-state index contributed by atoms with van der Waals surface area (Å²) in [6.45, 7) is 4.99. The number of amides is 1. The molecule has 0 aromatic rings. The van der Waals surface area contributed by atoms with Gasteiger partial charge in [0, 0.05) is 12.8 Å². The smallest absolute Gasteiger partial charge is 0.305 e. The third-order valence-electron chi connectivity index (χ3n) is 17.7. The number of hydrogen-bond donors (Lipinski definition) is 3. The van der Waals surface area contributed by atoms with E-state index in [9.17, 15) is 19.8 Å². The molecule has 79 heavy (non-hydrogen) atoms. The highest BCUT2D eigenvalue weighted by Gasteiger charge is 2.20. The Kier molecular flexibility index (Phi) is 68.4. The second-order valence-corrected chi connectivity index (χ2v) is 25.6. The number of carbonyl (C=O) groups excluding carboxylic acids is 2. The van der Waals surface area contributed by atoms with E-state index in [1.807, 2.05) is 0 Å². The topological polar surface area (TPSA) is 95.9 Å². The third kappa shape index (κ3) is 65.9. The van der Waals surface area contributed by atoms with E-state index >= 15 is 0 Å². The molecular weight excluding hydrogens is 971 g/mol. The Balaban J connectivity index is 3.26. The largest absolute Gasteiger partial charge is 0.466 e. The first-order valence-corrected chi connectivity index (χ1v) is 36.8. The van der Waals surface area contributed by atoms with Crippen molar-refractivity contribution >= 4 is 11.9 Å². The molecule has 0 saturated heterocycles. The van der Waals surface area contributed by atoms with E-state index in [2.05, 4.69) is 19.2 Å². The molecule has 0 aliphatic heterocycles. The average Bonchev–Trinajstić information content (AvgIpc) is 3.45. The SMILES string of the molecule is CCCCCCCCCCCCCCC(O)C(CO)NC(=O)CCCCCCCCCCCCCCCCCCCCCCCCCCCCCCCCCCCCCCCCCOC(=O)CCCCCCCCCCCCC. The van der Waals surface area contributed by atoms with E-state index in [0.717, 1.165) is 38.5 Å². The summed E-state index contributed by atoms with van der Waals surface area (Å²) < 4.78 is 5.48. The first-order valence-electron chi connectivity index (χ1n) is 36.8. The quantitative estimate of drug-likeness (QED) is 0.0417. The fraction of sp³-hybridized carbons (Fsp3) is 0.973. The summed E-state index contributed by atoms with van der Waals surface area (Å²) in [5, 5.41) is 23.3. The van der Waals surface area contributed by atoms with Crippen molar-refractivity contribution in [2.24, 2.45) is 0 Å². The van der Waals surface area contributed by atoms with E-state index in [4.69, 9.17) is 4.74 Å². The van der Waals surface area contributed by atoms with Gasteiger partial charge < -0.3 is 20.3 Å². The fourth-order valence-corrected chi connectivity index (χ4v) is 12.1. The van der Waals surface area contributed by atoms with Crippen molar-refractivity contribution in [3.05, 3.63) is 0 Å². The van der Waals surface area contributed by atoms with Crippen LogP contribution in [0.4, 0.5) is 0 Å². The van der Waals surface area contributed by atoms with Crippen molar-refractivity contribution in [2.75, 3.05) is 13.2 Å². The van der Waals surface area contributed by atoms with Crippen LogP contribution in [0.25, 0.3) is 0 Å². The molecule has 0 rings (SSSR count). The summed E-state index contributed by atoms with van der Waals surface area (Å²) in [6.07, 6.45) is 84.8. The van der Waals surface area contributed by atoms with Gasteiger partial charge in [-0.1, -0.05) is 393 Å². The number of hydrogen-bond acceptors (Lipinski definition) is 5. The molecule has 0 spiro atoms. The highest BCUT2D eigenvalue weighted by atomic mass is 16.5. The van der Waals surface area contributed by atoms with Crippen molar-refractivity contribution in [2.45, 2.75) is 443 Å². The van der Waals surface area contributed by atoms with E-state index in [-0.39, 0.29) is 18.5 Å². The van der Waals surface area contributed by atoms with Gasteiger partial charge in [-0.2, -0.15) is 0 Å². The van der Waals surface area contributed by atoms with Crippen LogP contribution in [0.1, 0.15) is 431 Å². The Morgan fingerprint density at radius 2 is 0.519 bits per heavy atom. The lowest BCUT2D eigenvalue weighted by Crippen LogP contribution is -2.45. The minimum absolute atomic E-state index is 0.0247. The van der Waals surface area contributed by atoms with Gasteiger partial charge in [-0.25, -0.2) is 0 Å². The van der Waals surface area contributed by atoms with Crippen LogP contribution in [0, 0.1) is 0 Å². The zero-order chi connectivity index (χ0) is 57.1. The molecule has 6 nitrogen and oxygen atoms in total. The molecule has 0 aliphatic carbocycles. The summed E-state index contributed by atoms with van der Waals surface area (Å²) in [5.41, 5.74) is 0. The molecule has 472 valence electrons. The second kappa shape index (κ2) is 69.4. The molecule has 0 radical (unpaired) electrons. The Bertz CT molecular complexity index is 1150. The number of carbonyl (C=O) groups is 2. The molecule has 6 heteroatoms. The number of ether oxygens (including phenoxy) is 1. The van der Waals surface area contributed by atoms with E-state index in [1.54, 1.807) is 0 Å². The van der Waals surface area contributed by atoms with Crippen LogP contribution >= 0.6 is 0 Å². The number of aliphatic hydroxyl groups is 2. The third-order valence-corrected chi connectivity index (χ3v) is 17.7. The Morgan fingerprint density at radius 1 is 0.304 bits per heavy atom. The maximum absolute atomic E-state index is 12.5. The normalized spacial score (nSPS) is 12.4. The van der Waals surface area contributed by atoms with Gasteiger partial charge in [-0.05, 0) is 25.7 Å². The summed E-state index contributed by atoms with van der Waals surface area (Å²) in [4.78, 5) is 24.5. The number of rotatable bonds is 70. The Morgan fingerprint density at radius 3 is 0.772 bits per heavy atom. The summed E-state index contributed by atoms with van der Waals surface area (Å²) in [5.74, 6) is -0.00173. The second-order valence-electron chi connectivity index (χ2n) is 25.6. The maximum atomic E-state index is 12.5. The summed E-state index contributed by atoms with van der Waals surface area (Å²) in [7, 11) is 0. The standard InChI is InChI=1S/C73H145NO5/c1-3-5-7-9-11-13-15-46-49-53-57-61-65-71(76)70(69-75)74-72(77)66-62-58-54-50-47-43-41-39-37-35-33-31-29-27-25-23-21-19-17-16-18-20-22-24-26-28-30-32-34-36-38-40-42-44-48-52-56-60-64-68-79-73(78)67-63-59-55-51-45-14-12-10-8-6-4-2/h70-71,75-76H,3-69H2,1-2H3,(H,74,77). The molecule has 0 bridgehead atoms. The Labute approximate surface area is 496 Å². The van der Waals surface area contributed by atoms with Crippen molar-refractivity contribution in [1.82, 2.24) is 5.32 Å².